The molecule has 2 aliphatic carbocycles. The number of aliphatic hydroxyl groups excluding tert-OH is 1. The number of likely N-dealkylation sites (N-methyl/N-ethyl adjacent to an activating group) is 1. The summed E-state index contributed by atoms with van der Waals surface area (Å²) < 4.78 is 71.0. The van der Waals surface area contributed by atoms with Gasteiger partial charge in [-0.1, -0.05) is 10.3 Å². The number of nitrogens with zero attached hydrogens (tertiary/aromatic N) is 7. The summed E-state index contributed by atoms with van der Waals surface area (Å²) in [6, 6.07) is 3.09. The molecule has 7 atom stereocenters. The lowest BCUT2D eigenvalue weighted by Gasteiger charge is -2.42. The van der Waals surface area contributed by atoms with Crippen LogP contribution in [0.25, 0.3) is 0 Å². The average Bonchev–Trinajstić information content (AvgIpc) is 4.10. The van der Waals surface area contributed by atoms with Crippen LogP contribution in [0.1, 0.15) is 135 Å². The predicted molar refractivity (Wildman–Crippen MR) is 223 cm³/mol. The van der Waals surface area contributed by atoms with Crippen LogP contribution in [-0.4, -0.2) is 168 Å². The van der Waals surface area contributed by atoms with Crippen LogP contribution < -0.4 is 10.6 Å². The van der Waals surface area contributed by atoms with Crippen molar-refractivity contribution >= 4 is 32.0 Å². The summed E-state index contributed by atoms with van der Waals surface area (Å²) in [7, 11) is -5.01. The summed E-state index contributed by atoms with van der Waals surface area (Å²) >= 11 is 0. The molecule has 9 rings (SSSR count). The van der Waals surface area contributed by atoms with Gasteiger partial charge in [-0.15, -0.1) is 0 Å². The van der Waals surface area contributed by atoms with E-state index >= 15 is 0 Å². The number of sulfonamides is 1. The first-order valence-corrected chi connectivity index (χ1v) is 25.7. The summed E-state index contributed by atoms with van der Waals surface area (Å²) in [5.41, 5.74) is 0.504. The standard InChI is InChI=1S/C41H63N9O9S2/c1-26-19-29(42-40(52)35-23-38(58-44-35)28-3-4-28)9-16-49(26)61(56,57)48-14-10-31(11-15-48)46(2)37-22-34(37)39-24-36(45-59-39)41(53)43-30-20-32-5-6-33(21-30)50(32)60(54,55)25-27-7-12-47(13-8-27)17-18-51/h23-24,26-34,37,51H,3-22,25H2,1-2H3,(H,42,52)(H,43,53)/t26-,29-,30?,32-,33+,34?,37?/m0/s1. The SMILES string of the molecule is C[C@H]1C[C@@H](NC(=O)c2cc(C3CC3)on2)CCN1S(=O)(=O)N1CCC(N(C)C2CC2c2cc(C(=O)NC3C[C@H]4CC[C@@H](C3)N4S(=O)(=O)CC3CCN(CCO)CC3)no2)CC1. The molecule has 338 valence electrons. The van der Waals surface area contributed by atoms with Crippen LogP contribution >= 0.6 is 0 Å². The normalized spacial score (nSPS) is 31.4. The van der Waals surface area contributed by atoms with Crippen LogP contribution in [0.3, 0.4) is 0 Å². The van der Waals surface area contributed by atoms with Gasteiger partial charge in [-0.3, -0.25) is 14.5 Å². The van der Waals surface area contributed by atoms with E-state index in [1.807, 2.05) is 6.92 Å². The maximum atomic E-state index is 13.8. The number of likely N-dealkylation sites (tertiary alicyclic amines) is 1. The maximum Gasteiger partial charge on any atom is 0.282 e. The fourth-order valence-electron chi connectivity index (χ4n) is 11.1. The number of β-amino-alcohol motifs (C(OH)–C–C–N with tert-alkyl or cyclic N) is 1. The van der Waals surface area contributed by atoms with Gasteiger partial charge in [0, 0.05) is 92.4 Å². The van der Waals surface area contributed by atoms with Crippen LogP contribution in [0, 0.1) is 5.92 Å². The second kappa shape index (κ2) is 17.5. The fraction of sp³-hybridized carbons (Fsp3) is 0.805. The molecule has 5 aliphatic heterocycles. The molecule has 0 radical (unpaired) electrons. The number of fused-ring (bicyclic) bond motifs is 2. The average molecular weight is 890 g/mol. The van der Waals surface area contributed by atoms with Gasteiger partial charge in [0.1, 0.15) is 11.5 Å². The third-order valence-corrected chi connectivity index (χ3v) is 19.1. The van der Waals surface area contributed by atoms with Gasteiger partial charge in [0.15, 0.2) is 11.4 Å². The second-order valence-electron chi connectivity index (χ2n) is 19.0. The molecule has 3 N–H and O–H groups in total. The van der Waals surface area contributed by atoms with E-state index in [0.717, 1.165) is 63.8 Å². The molecule has 7 fully saturated rings. The smallest absolute Gasteiger partial charge is 0.282 e. The third kappa shape index (κ3) is 9.33. The van der Waals surface area contributed by atoms with E-state index in [9.17, 15) is 31.5 Å². The molecule has 20 heteroatoms. The first-order chi connectivity index (χ1) is 29.3. The summed E-state index contributed by atoms with van der Waals surface area (Å²) in [6.45, 7) is 5.48. The molecule has 5 saturated heterocycles. The van der Waals surface area contributed by atoms with Crippen LogP contribution in [0.15, 0.2) is 21.2 Å². The Kier molecular flexibility index (Phi) is 12.4. The lowest BCUT2D eigenvalue weighted by atomic mass is 9.99. The van der Waals surface area contributed by atoms with Crippen molar-refractivity contribution in [1.82, 2.24) is 43.7 Å². The van der Waals surface area contributed by atoms with Gasteiger partial charge in [0.25, 0.3) is 22.0 Å². The highest BCUT2D eigenvalue weighted by molar-refractivity contribution is 7.89. The largest absolute Gasteiger partial charge is 0.395 e. The maximum absolute atomic E-state index is 13.8. The number of carbonyl (C=O) groups is 2. The Bertz CT molecular complexity index is 2100. The van der Waals surface area contributed by atoms with Crippen molar-refractivity contribution in [3.63, 3.8) is 0 Å². The Balaban J connectivity index is 0.707. The molecule has 2 aromatic rings. The monoisotopic (exact) mass is 889 g/mol. The summed E-state index contributed by atoms with van der Waals surface area (Å²) in [4.78, 5) is 30.7. The topological polar surface area (TPSA) is 215 Å². The van der Waals surface area contributed by atoms with E-state index in [4.69, 9.17) is 9.05 Å². The molecule has 0 aromatic carbocycles. The number of aromatic nitrogens is 2. The third-order valence-electron chi connectivity index (χ3n) is 14.8. The van der Waals surface area contributed by atoms with E-state index < -0.39 is 20.2 Å². The number of carbonyl (C=O) groups excluding carboxylic acids is 2. The van der Waals surface area contributed by atoms with E-state index in [1.54, 1.807) is 25.0 Å². The molecule has 2 saturated carbocycles. The van der Waals surface area contributed by atoms with Crippen molar-refractivity contribution in [2.24, 2.45) is 5.92 Å². The molecule has 61 heavy (non-hydrogen) atoms. The molecular formula is C41H63N9O9S2. The minimum Gasteiger partial charge on any atom is -0.395 e. The summed E-state index contributed by atoms with van der Waals surface area (Å²) in [5, 5.41) is 23.5. The zero-order chi connectivity index (χ0) is 42.6. The Labute approximate surface area is 359 Å². The molecular weight excluding hydrogens is 827 g/mol. The molecule has 2 amide bonds. The zero-order valence-electron chi connectivity index (χ0n) is 35.4. The molecule has 18 nitrogen and oxygen atoms in total. The van der Waals surface area contributed by atoms with Crippen molar-refractivity contribution in [2.75, 3.05) is 58.7 Å². The quantitative estimate of drug-likeness (QED) is 0.234. The van der Waals surface area contributed by atoms with E-state index in [2.05, 4.69) is 37.8 Å². The van der Waals surface area contributed by atoms with Crippen molar-refractivity contribution < 1.29 is 40.6 Å². The Morgan fingerprint density at radius 2 is 1.41 bits per heavy atom. The van der Waals surface area contributed by atoms with Gasteiger partial charge in [-0.05, 0) is 116 Å². The zero-order valence-corrected chi connectivity index (χ0v) is 37.1. The van der Waals surface area contributed by atoms with Crippen molar-refractivity contribution in [3.05, 3.63) is 35.0 Å². The number of amides is 2. The lowest BCUT2D eigenvalue weighted by Crippen LogP contribution is -2.56. The number of rotatable bonds is 15. The minimum atomic E-state index is -3.67. The first-order valence-electron chi connectivity index (χ1n) is 22.7. The van der Waals surface area contributed by atoms with Crippen LogP contribution in [0.4, 0.5) is 0 Å². The predicted octanol–water partition coefficient (Wildman–Crippen LogP) is 2.08. The van der Waals surface area contributed by atoms with Crippen molar-refractivity contribution in [2.45, 2.75) is 145 Å². The Morgan fingerprint density at radius 3 is 2.03 bits per heavy atom. The number of hydrogen-bond donors (Lipinski definition) is 3. The van der Waals surface area contributed by atoms with Crippen LogP contribution in [0.2, 0.25) is 0 Å². The molecule has 2 aromatic heterocycles. The first kappa shape index (κ1) is 43.3. The van der Waals surface area contributed by atoms with Gasteiger partial charge in [-0.25, -0.2) is 8.42 Å². The van der Waals surface area contributed by atoms with Crippen LogP contribution in [0.5, 0.6) is 0 Å². The highest BCUT2D eigenvalue weighted by Gasteiger charge is 2.49. The van der Waals surface area contributed by atoms with Crippen molar-refractivity contribution in [1.29, 1.82) is 0 Å². The molecule has 0 spiro atoms. The second-order valence-corrected chi connectivity index (χ2v) is 22.8. The van der Waals surface area contributed by atoms with Crippen LogP contribution in [-0.2, 0) is 20.2 Å². The molecule has 3 unspecified atom stereocenters. The fourth-order valence-corrected chi connectivity index (χ4v) is 15.4. The molecule has 2 bridgehead atoms. The lowest BCUT2D eigenvalue weighted by molar-refractivity contribution is 0.0891. The molecule has 7 aliphatic rings. The number of hydrogen-bond acceptors (Lipinski definition) is 13. The summed E-state index contributed by atoms with van der Waals surface area (Å²) in [5.74, 6) is 1.59. The van der Waals surface area contributed by atoms with Gasteiger partial charge in [0.05, 0.1) is 12.4 Å². The highest BCUT2D eigenvalue weighted by atomic mass is 32.2. The Morgan fingerprint density at radius 1 is 0.787 bits per heavy atom. The number of piperidine rings is 4. The Hall–Kier alpha value is -2.98. The van der Waals surface area contributed by atoms with E-state index in [-0.39, 0.29) is 89.7 Å². The minimum absolute atomic E-state index is 0.0965. The summed E-state index contributed by atoms with van der Waals surface area (Å²) in [6.07, 6.45) is 9.86. The van der Waals surface area contributed by atoms with Gasteiger partial charge in [0.2, 0.25) is 10.0 Å². The van der Waals surface area contributed by atoms with E-state index in [0.29, 0.717) is 76.4 Å². The van der Waals surface area contributed by atoms with E-state index in [1.165, 1.54) is 0 Å². The number of aliphatic hydroxyl groups is 1. The number of nitrogens with one attached hydrogen (secondary N) is 2. The van der Waals surface area contributed by atoms with Gasteiger partial charge in [-0.2, -0.15) is 21.3 Å². The van der Waals surface area contributed by atoms with Gasteiger partial charge < -0.3 is 29.7 Å². The van der Waals surface area contributed by atoms with Crippen molar-refractivity contribution in [3.8, 4) is 0 Å². The highest BCUT2D eigenvalue weighted by Crippen LogP contribution is 2.46. The van der Waals surface area contributed by atoms with Gasteiger partial charge >= 0.3 is 0 Å². The molecule has 7 heterocycles.